The molecule has 0 saturated carbocycles. The Bertz CT molecular complexity index is 462. The molecule has 2 rings (SSSR count). The van der Waals surface area contributed by atoms with Gasteiger partial charge in [-0.15, -0.1) is 24.8 Å². The molecule has 1 aliphatic heterocycles. The minimum atomic E-state index is 0. The number of unbranched alkanes of at least 4 members (excludes halogenated alkanes) is 2. The van der Waals surface area contributed by atoms with Crippen molar-refractivity contribution in [1.29, 1.82) is 5.41 Å². The first-order valence-corrected chi connectivity index (χ1v) is 8.59. The highest BCUT2D eigenvalue weighted by molar-refractivity contribution is 5.85. The van der Waals surface area contributed by atoms with Crippen LogP contribution in [0.1, 0.15) is 43.2 Å². The average molecular weight is 375 g/mol. The van der Waals surface area contributed by atoms with Crippen molar-refractivity contribution in [1.82, 2.24) is 15.5 Å². The van der Waals surface area contributed by atoms with Gasteiger partial charge in [0.25, 0.3) is 0 Å². The third kappa shape index (κ3) is 8.76. The highest BCUT2D eigenvalue weighted by atomic mass is 35.5. The van der Waals surface area contributed by atoms with Gasteiger partial charge in [0.15, 0.2) is 5.96 Å². The van der Waals surface area contributed by atoms with Crippen molar-refractivity contribution >= 4 is 30.8 Å². The predicted molar refractivity (Wildman–Crippen MR) is 108 cm³/mol. The Morgan fingerprint density at radius 3 is 2.46 bits per heavy atom. The van der Waals surface area contributed by atoms with Crippen molar-refractivity contribution in [2.45, 2.75) is 45.6 Å². The van der Waals surface area contributed by atoms with E-state index in [1.54, 1.807) is 0 Å². The first-order valence-electron chi connectivity index (χ1n) is 8.59. The number of guanidine groups is 1. The molecule has 0 radical (unpaired) electrons. The van der Waals surface area contributed by atoms with Crippen LogP contribution in [0.2, 0.25) is 0 Å². The van der Waals surface area contributed by atoms with E-state index < -0.39 is 0 Å². The van der Waals surface area contributed by atoms with Crippen molar-refractivity contribution in [3.05, 3.63) is 35.4 Å². The Balaban J connectivity index is 0.00000264. The quantitative estimate of drug-likeness (QED) is 0.369. The van der Waals surface area contributed by atoms with Crippen molar-refractivity contribution in [3.63, 3.8) is 0 Å². The zero-order chi connectivity index (χ0) is 15.6. The standard InChI is InChI=1S/C18H30N4.2ClH/c1-16-9-3-4-10-17(16)15-21-18(19)20-11-5-2-6-12-22-13-7-8-14-22;;/h3-4,9-10H,2,5-8,11-15H2,1H3,(H3,19,20,21);2*1H. The molecule has 4 nitrogen and oxygen atoms in total. The lowest BCUT2D eigenvalue weighted by Crippen LogP contribution is -2.36. The molecule has 0 aromatic heterocycles. The lowest BCUT2D eigenvalue weighted by atomic mass is 10.1. The summed E-state index contributed by atoms with van der Waals surface area (Å²) in [6.07, 6.45) is 6.43. The highest BCUT2D eigenvalue weighted by Crippen LogP contribution is 2.08. The molecule has 1 saturated heterocycles. The smallest absolute Gasteiger partial charge is 0.188 e. The summed E-state index contributed by atoms with van der Waals surface area (Å²) >= 11 is 0. The Labute approximate surface area is 159 Å². The monoisotopic (exact) mass is 374 g/mol. The molecule has 6 heteroatoms. The van der Waals surface area contributed by atoms with Gasteiger partial charge in [0.05, 0.1) is 0 Å². The summed E-state index contributed by atoms with van der Waals surface area (Å²) in [5.41, 5.74) is 2.52. The van der Waals surface area contributed by atoms with Crippen LogP contribution in [-0.2, 0) is 6.54 Å². The molecule has 1 aromatic carbocycles. The number of benzene rings is 1. The van der Waals surface area contributed by atoms with Crippen LogP contribution in [0.4, 0.5) is 0 Å². The van der Waals surface area contributed by atoms with Gasteiger partial charge in [0.2, 0.25) is 0 Å². The summed E-state index contributed by atoms with van der Waals surface area (Å²) in [4.78, 5) is 2.57. The molecular weight excluding hydrogens is 343 g/mol. The van der Waals surface area contributed by atoms with E-state index in [1.807, 2.05) is 12.1 Å². The number of rotatable bonds is 8. The zero-order valence-electron chi connectivity index (χ0n) is 14.6. The van der Waals surface area contributed by atoms with Gasteiger partial charge in [0, 0.05) is 13.1 Å². The highest BCUT2D eigenvalue weighted by Gasteiger charge is 2.09. The maximum atomic E-state index is 7.89. The molecule has 3 N–H and O–H groups in total. The third-order valence-corrected chi connectivity index (χ3v) is 4.37. The molecule has 1 fully saturated rings. The maximum absolute atomic E-state index is 7.89. The number of nitrogens with zero attached hydrogens (tertiary/aromatic N) is 1. The van der Waals surface area contributed by atoms with E-state index >= 15 is 0 Å². The molecular formula is C18H32Cl2N4. The summed E-state index contributed by atoms with van der Waals surface area (Å²) in [6, 6.07) is 8.30. The molecule has 1 aliphatic rings. The fourth-order valence-electron chi connectivity index (χ4n) is 2.91. The van der Waals surface area contributed by atoms with Crippen LogP contribution in [0.3, 0.4) is 0 Å². The second-order valence-corrected chi connectivity index (χ2v) is 6.19. The minimum absolute atomic E-state index is 0. The Kier molecular flexibility index (Phi) is 12.8. The third-order valence-electron chi connectivity index (χ3n) is 4.37. The van der Waals surface area contributed by atoms with Crippen molar-refractivity contribution < 1.29 is 0 Å². The molecule has 24 heavy (non-hydrogen) atoms. The van der Waals surface area contributed by atoms with Gasteiger partial charge in [0.1, 0.15) is 0 Å². The number of aryl methyl sites for hydroxylation is 1. The lowest BCUT2D eigenvalue weighted by molar-refractivity contribution is 0.328. The summed E-state index contributed by atoms with van der Waals surface area (Å²) in [5.74, 6) is 0.433. The van der Waals surface area contributed by atoms with E-state index in [-0.39, 0.29) is 24.8 Å². The van der Waals surface area contributed by atoms with Gasteiger partial charge in [-0.2, -0.15) is 0 Å². The number of hydrogen-bond acceptors (Lipinski definition) is 2. The number of nitrogens with one attached hydrogen (secondary N) is 3. The summed E-state index contributed by atoms with van der Waals surface area (Å²) < 4.78 is 0. The molecule has 138 valence electrons. The fraction of sp³-hybridized carbons (Fsp3) is 0.611. The Morgan fingerprint density at radius 2 is 1.75 bits per heavy atom. The topological polar surface area (TPSA) is 51.2 Å². The number of likely N-dealkylation sites (tertiary alicyclic amines) is 1. The van der Waals surface area contributed by atoms with E-state index in [0.717, 1.165) is 13.0 Å². The first-order chi connectivity index (χ1) is 10.8. The van der Waals surface area contributed by atoms with E-state index in [4.69, 9.17) is 5.41 Å². The maximum Gasteiger partial charge on any atom is 0.188 e. The second kappa shape index (κ2) is 13.3. The van der Waals surface area contributed by atoms with Gasteiger partial charge >= 0.3 is 0 Å². The summed E-state index contributed by atoms with van der Waals surface area (Å²) in [7, 11) is 0. The fourth-order valence-corrected chi connectivity index (χ4v) is 2.91. The largest absolute Gasteiger partial charge is 0.357 e. The van der Waals surface area contributed by atoms with Gasteiger partial charge < -0.3 is 15.5 Å². The van der Waals surface area contributed by atoms with Gasteiger partial charge in [-0.1, -0.05) is 30.7 Å². The van der Waals surface area contributed by atoms with Crippen LogP contribution in [-0.4, -0.2) is 37.0 Å². The molecule has 0 aliphatic carbocycles. The molecule has 0 atom stereocenters. The van der Waals surface area contributed by atoms with Crippen LogP contribution >= 0.6 is 24.8 Å². The SMILES string of the molecule is Cc1ccccc1CNC(=N)NCCCCCN1CCCC1.Cl.Cl. The molecule has 1 heterocycles. The minimum Gasteiger partial charge on any atom is -0.357 e. The van der Waals surface area contributed by atoms with E-state index in [1.165, 1.54) is 56.4 Å². The van der Waals surface area contributed by atoms with Crippen LogP contribution in [0.5, 0.6) is 0 Å². The Morgan fingerprint density at radius 1 is 1.04 bits per heavy atom. The predicted octanol–water partition coefficient (Wildman–Crippen LogP) is 3.72. The van der Waals surface area contributed by atoms with Crippen molar-refractivity contribution in [2.75, 3.05) is 26.2 Å². The van der Waals surface area contributed by atoms with Gasteiger partial charge in [-0.25, -0.2) is 0 Å². The molecule has 0 spiro atoms. The van der Waals surface area contributed by atoms with Crippen molar-refractivity contribution in [3.8, 4) is 0 Å². The van der Waals surface area contributed by atoms with Crippen LogP contribution in [0.25, 0.3) is 0 Å². The molecule has 0 bridgehead atoms. The Hall–Kier alpha value is -0.970. The molecule has 0 unspecified atom stereocenters. The van der Waals surface area contributed by atoms with Gasteiger partial charge in [-0.05, 0) is 63.4 Å². The average Bonchev–Trinajstić information content (AvgIpc) is 3.03. The summed E-state index contributed by atoms with van der Waals surface area (Å²) in [6.45, 7) is 7.56. The molecule has 1 aromatic rings. The molecule has 0 amide bonds. The summed E-state index contributed by atoms with van der Waals surface area (Å²) in [5, 5.41) is 14.2. The van der Waals surface area contributed by atoms with E-state index in [9.17, 15) is 0 Å². The number of halogens is 2. The first kappa shape index (κ1) is 23.0. The lowest BCUT2D eigenvalue weighted by Gasteiger charge is -2.14. The second-order valence-electron chi connectivity index (χ2n) is 6.19. The van der Waals surface area contributed by atoms with Gasteiger partial charge in [-0.3, -0.25) is 5.41 Å². The van der Waals surface area contributed by atoms with Crippen molar-refractivity contribution in [2.24, 2.45) is 0 Å². The van der Waals surface area contributed by atoms with E-state index in [2.05, 4.69) is 34.6 Å². The van der Waals surface area contributed by atoms with Crippen LogP contribution in [0, 0.1) is 12.3 Å². The van der Waals surface area contributed by atoms with Crippen LogP contribution < -0.4 is 10.6 Å². The number of hydrogen-bond donors (Lipinski definition) is 3. The normalized spacial score (nSPS) is 13.7. The van der Waals surface area contributed by atoms with Crippen LogP contribution in [0.15, 0.2) is 24.3 Å². The zero-order valence-corrected chi connectivity index (χ0v) is 16.3. The van der Waals surface area contributed by atoms with E-state index in [0.29, 0.717) is 12.5 Å².